The molecule has 0 aromatic carbocycles. The van der Waals surface area contributed by atoms with E-state index in [1.807, 2.05) is 0 Å². The number of ether oxygens (including phenoxy) is 1. The molecular weight excluding hydrogens is 279 g/mol. The maximum Gasteiger partial charge on any atom is 0.200 e. The van der Waals surface area contributed by atoms with Crippen molar-refractivity contribution in [2.75, 3.05) is 32.8 Å². The molecule has 1 rings (SSSR count). The maximum absolute atomic E-state index is 6.05. The number of rotatable bonds is 10. The molecule has 0 saturated carbocycles. The van der Waals surface area contributed by atoms with E-state index in [9.17, 15) is 0 Å². The Balaban J connectivity index is 2.49. The van der Waals surface area contributed by atoms with Gasteiger partial charge < -0.3 is 9.26 Å². The number of nitrogens with one attached hydrogen (secondary N) is 1. The first-order valence-corrected chi connectivity index (χ1v) is 9.88. The lowest BCUT2D eigenvalue weighted by Crippen LogP contribution is -2.34. The van der Waals surface area contributed by atoms with Crippen molar-refractivity contribution in [3.63, 3.8) is 0 Å². The molecular formula is C13H27N2O2PS. The average Bonchev–Trinajstić information content (AvgIpc) is 2.45. The van der Waals surface area contributed by atoms with E-state index < -0.39 is 6.57 Å². The van der Waals surface area contributed by atoms with Crippen LogP contribution in [0.3, 0.4) is 0 Å². The molecule has 112 valence electrons. The number of unbranched alkanes of at least 4 members (excludes halogenated alkanes) is 1. The Hall–Kier alpha value is 0.0700. The molecule has 1 aliphatic rings. The highest BCUT2D eigenvalue weighted by atomic mass is 32.5. The molecule has 0 aromatic rings. The normalized spacial score (nSPS) is 19.8. The molecule has 0 aliphatic carbocycles. The van der Waals surface area contributed by atoms with Crippen LogP contribution in [-0.2, 0) is 21.1 Å². The second kappa shape index (κ2) is 9.89. The van der Waals surface area contributed by atoms with Gasteiger partial charge in [0.2, 0.25) is 6.57 Å². The van der Waals surface area contributed by atoms with Gasteiger partial charge in [0.05, 0.1) is 12.9 Å². The molecule has 1 heterocycles. The second-order valence-electron chi connectivity index (χ2n) is 4.67. The molecule has 0 spiro atoms. The zero-order valence-electron chi connectivity index (χ0n) is 12.0. The van der Waals surface area contributed by atoms with E-state index in [1.165, 1.54) is 25.5 Å². The van der Waals surface area contributed by atoms with Crippen molar-refractivity contribution in [3.8, 4) is 0 Å². The van der Waals surface area contributed by atoms with E-state index in [4.69, 9.17) is 21.1 Å². The Kier molecular flexibility index (Phi) is 8.92. The standard InChI is InChI=1S/C13H27N2O2PS/c1-3-5-12-17-18(19,14-9-13-16-4-2)15-10-7-6-8-11-15/h4H,2-3,5-13H2,1H3,(H,14,19). The van der Waals surface area contributed by atoms with Gasteiger partial charge in [-0.1, -0.05) is 26.3 Å². The molecule has 1 N–H and O–H groups in total. The van der Waals surface area contributed by atoms with Crippen molar-refractivity contribution in [1.29, 1.82) is 0 Å². The summed E-state index contributed by atoms with van der Waals surface area (Å²) in [5.74, 6) is 0. The maximum atomic E-state index is 6.05. The van der Waals surface area contributed by atoms with Gasteiger partial charge in [0.1, 0.15) is 6.61 Å². The van der Waals surface area contributed by atoms with Crippen LogP contribution < -0.4 is 5.09 Å². The van der Waals surface area contributed by atoms with Crippen molar-refractivity contribution in [2.45, 2.75) is 39.0 Å². The van der Waals surface area contributed by atoms with Crippen LogP contribution in [-0.4, -0.2) is 37.5 Å². The lowest BCUT2D eigenvalue weighted by Gasteiger charge is -2.37. The van der Waals surface area contributed by atoms with Crippen molar-refractivity contribution in [1.82, 2.24) is 9.76 Å². The van der Waals surface area contributed by atoms with Gasteiger partial charge in [-0.25, -0.2) is 4.67 Å². The van der Waals surface area contributed by atoms with Crippen LogP contribution >= 0.6 is 6.57 Å². The molecule has 1 aliphatic heterocycles. The van der Waals surface area contributed by atoms with Crippen LogP contribution in [0.15, 0.2) is 12.8 Å². The molecule has 0 aromatic heterocycles. The first-order valence-electron chi connectivity index (χ1n) is 7.20. The molecule has 1 unspecified atom stereocenters. The first kappa shape index (κ1) is 17.1. The summed E-state index contributed by atoms with van der Waals surface area (Å²) in [4.78, 5) is 0. The lowest BCUT2D eigenvalue weighted by atomic mass is 10.2. The molecule has 0 bridgehead atoms. The summed E-state index contributed by atoms with van der Waals surface area (Å²) < 4.78 is 13.5. The van der Waals surface area contributed by atoms with Gasteiger partial charge in [0, 0.05) is 19.6 Å². The summed E-state index contributed by atoms with van der Waals surface area (Å²) in [7, 11) is 0. The molecule has 1 saturated heterocycles. The third-order valence-electron chi connectivity index (χ3n) is 3.12. The highest BCUT2D eigenvalue weighted by molar-refractivity contribution is 8.10. The van der Waals surface area contributed by atoms with Gasteiger partial charge in [0.25, 0.3) is 0 Å². The van der Waals surface area contributed by atoms with Gasteiger partial charge in [-0.3, -0.25) is 5.09 Å². The topological polar surface area (TPSA) is 33.7 Å². The number of hydrogen-bond donors (Lipinski definition) is 1. The third kappa shape index (κ3) is 6.37. The van der Waals surface area contributed by atoms with E-state index >= 15 is 0 Å². The molecule has 6 heteroatoms. The summed E-state index contributed by atoms with van der Waals surface area (Å²) in [5, 5.41) is 3.42. The Labute approximate surface area is 122 Å². The van der Waals surface area contributed by atoms with Crippen LogP contribution in [0.25, 0.3) is 0 Å². The highest BCUT2D eigenvalue weighted by Gasteiger charge is 2.27. The van der Waals surface area contributed by atoms with E-state index in [1.54, 1.807) is 0 Å². The third-order valence-corrected chi connectivity index (χ3v) is 6.82. The zero-order valence-corrected chi connectivity index (χ0v) is 13.7. The Bertz CT molecular complexity index is 296. The summed E-state index contributed by atoms with van der Waals surface area (Å²) in [6.45, 7) is 7.80. The molecule has 1 fully saturated rings. The van der Waals surface area contributed by atoms with E-state index in [0.717, 1.165) is 32.5 Å². The first-order chi connectivity index (χ1) is 9.23. The predicted octanol–water partition coefficient (Wildman–Crippen LogP) is 3.26. The minimum absolute atomic E-state index is 0.590. The minimum Gasteiger partial charge on any atom is -0.500 e. The zero-order chi connectivity index (χ0) is 14.0. The quantitative estimate of drug-likeness (QED) is 0.381. The van der Waals surface area contributed by atoms with Crippen LogP contribution in [0.4, 0.5) is 0 Å². The van der Waals surface area contributed by atoms with E-state index in [-0.39, 0.29) is 0 Å². The van der Waals surface area contributed by atoms with Crippen LogP contribution in [0.1, 0.15) is 39.0 Å². The lowest BCUT2D eigenvalue weighted by molar-refractivity contribution is 0.243. The fourth-order valence-electron chi connectivity index (χ4n) is 2.03. The summed E-state index contributed by atoms with van der Waals surface area (Å²) in [6.07, 6.45) is 7.41. The van der Waals surface area contributed by atoms with Crippen molar-refractivity contribution >= 4 is 18.4 Å². The molecule has 1 atom stereocenters. The van der Waals surface area contributed by atoms with Crippen LogP contribution in [0.2, 0.25) is 0 Å². The average molecular weight is 306 g/mol. The molecule has 19 heavy (non-hydrogen) atoms. The van der Waals surface area contributed by atoms with Crippen molar-refractivity contribution < 1.29 is 9.26 Å². The Morgan fingerprint density at radius 1 is 1.32 bits per heavy atom. The van der Waals surface area contributed by atoms with Gasteiger partial charge in [-0.2, -0.15) is 0 Å². The summed E-state index contributed by atoms with van der Waals surface area (Å²) in [6, 6.07) is 0. The molecule has 0 radical (unpaired) electrons. The number of piperidine rings is 1. The largest absolute Gasteiger partial charge is 0.500 e. The van der Waals surface area contributed by atoms with Gasteiger partial charge in [-0.15, -0.1) is 0 Å². The summed E-state index contributed by atoms with van der Waals surface area (Å²) in [5.41, 5.74) is 0. The minimum atomic E-state index is -2.06. The van der Waals surface area contributed by atoms with Crippen LogP contribution in [0, 0.1) is 0 Å². The van der Waals surface area contributed by atoms with E-state index in [0.29, 0.717) is 13.2 Å². The Morgan fingerprint density at radius 3 is 2.68 bits per heavy atom. The fraction of sp³-hybridized carbons (Fsp3) is 0.846. The number of nitrogens with zero attached hydrogens (tertiary/aromatic N) is 1. The SMILES string of the molecule is C=COCCNP(=S)(OCCCC)N1CCCCC1. The Morgan fingerprint density at radius 2 is 2.05 bits per heavy atom. The fourth-order valence-corrected chi connectivity index (χ4v) is 5.03. The predicted molar refractivity (Wildman–Crippen MR) is 84.7 cm³/mol. The van der Waals surface area contributed by atoms with E-state index in [2.05, 4.69) is 23.3 Å². The molecule has 0 amide bonds. The number of hydrogen-bond acceptors (Lipinski definition) is 3. The highest BCUT2D eigenvalue weighted by Crippen LogP contribution is 2.48. The summed E-state index contributed by atoms with van der Waals surface area (Å²) >= 11 is 5.81. The van der Waals surface area contributed by atoms with Crippen LogP contribution in [0.5, 0.6) is 0 Å². The van der Waals surface area contributed by atoms with Gasteiger partial charge in [-0.05, 0) is 31.1 Å². The van der Waals surface area contributed by atoms with Crippen molar-refractivity contribution in [2.24, 2.45) is 0 Å². The van der Waals surface area contributed by atoms with Gasteiger partial charge in [0.15, 0.2) is 0 Å². The van der Waals surface area contributed by atoms with Crippen molar-refractivity contribution in [3.05, 3.63) is 12.8 Å². The second-order valence-corrected chi connectivity index (χ2v) is 8.33. The van der Waals surface area contributed by atoms with Gasteiger partial charge >= 0.3 is 0 Å². The molecule has 4 nitrogen and oxygen atoms in total. The smallest absolute Gasteiger partial charge is 0.200 e. The monoisotopic (exact) mass is 306 g/mol.